The standard InChI is InChI=1S/C23H22N2O3/c1-14-6-5-9-20(15(14)2)24-21(26)16-10-12-17(13-11-16)25-22(27)18-7-3-4-8-19(18)23(25)28/h3-6,9-13,18-19H,7-8H2,1-2H3,(H,24,26)/t18-,19+. The van der Waals surface area contributed by atoms with Crippen LogP contribution in [0, 0.1) is 25.7 Å². The Morgan fingerprint density at radius 1 is 0.929 bits per heavy atom. The molecule has 1 N–H and O–H groups in total. The smallest absolute Gasteiger partial charge is 0.255 e. The number of carbonyl (C=O) groups is 3. The van der Waals surface area contributed by atoms with E-state index in [2.05, 4.69) is 5.32 Å². The summed E-state index contributed by atoms with van der Waals surface area (Å²) in [4.78, 5) is 39.2. The van der Waals surface area contributed by atoms with E-state index >= 15 is 0 Å². The lowest BCUT2D eigenvalue weighted by molar-refractivity contribution is -0.122. The van der Waals surface area contributed by atoms with Gasteiger partial charge >= 0.3 is 0 Å². The minimum Gasteiger partial charge on any atom is -0.322 e. The first-order chi connectivity index (χ1) is 13.5. The van der Waals surface area contributed by atoms with E-state index in [1.807, 2.05) is 44.2 Å². The molecule has 1 saturated heterocycles. The summed E-state index contributed by atoms with van der Waals surface area (Å²) in [5, 5.41) is 2.92. The molecule has 0 radical (unpaired) electrons. The molecule has 1 aliphatic carbocycles. The molecular formula is C23H22N2O3. The highest BCUT2D eigenvalue weighted by Gasteiger charge is 2.47. The highest BCUT2D eigenvalue weighted by Crippen LogP contribution is 2.37. The van der Waals surface area contributed by atoms with Gasteiger partial charge in [0.25, 0.3) is 5.91 Å². The van der Waals surface area contributed by atoms with E-state index in [0.717, 1.165) is 16.8 Å². The molecule has 2 atom stereocenters. The molecule has 1 heterocycles. The molecule has 2 aromatic carbocycles. The molecule has 1 aliphatic heterocycles. The monoisotopic (exact) mass is 374 g/mol. The third-order valence-corrected chi connectivity index (χ3v) is 5.75. The van der Waals surface area contributed by atoms with Crippen LogP contribution in [-0.2, 0) is 9.59 Å². The summed E-state index contributed by atoms with van der Waals surface area (Å²) in [6, 6.07) is 12.4. The number of amides is 3. The molecule has 3 amide bonds. The van der Waals surface area contributed by atoms with Crippen LogP contribution in [0.2, 0.25) is 0 Å². The minimum atomic E-state index is -0.259. The van der Waals surface area contributed by atoms with Gasteiger partial charge in [-0.2, -0.15) is 0 Å². The highest BCUT2D eigenvalue weighted by molar-refractivity contribution is 6.22. The molecule has 0 spiro atoms. The van der Waals surface area contributed by atoms with E-state index in [1.165, 1.54) is 4.90 Å². The number of allylic oxidation sites excluding steroid dienone is 2. The third-order valence-electron chi connectivity index (χ3n) is 5.75. The fraction of sp³-hybridized carbons (Fsp3) is 0.261. The second kappa shape index (κ2) is 7.08. The predicted molar refractivity (Wildman–Crippen MR) is 108 cm³/mol. The Morgan fingerprint density at radius 3 is 2.14 bits per heavy atom. The van der Waals surface area contributed by atoms with Crippen molar-refractivity contribution >= 4 is 29.1 Å². The Bertz CT molecular complexity index is 965. The zero-order valence-electron chi connectivity index (χ0n) is 15.9. The molecule has 1 fully saturated rings. The average Bonchev–Trinajstić information content (AvgIpc) is 2.96. The highest BCUT2D eigenvalue weighted by atomic mass is 16.2. The first kappa shape index (κ1) is 18.2. The maximum Gasteiger partial charge on any atom is 0.255 e. The lowest BCUT2D eigenvalue weighted by Gasteiger charge is -2.15. The second-order valence-corrected chi connectivity index (χ2v) is 7.42. The van der Waals surface area contributed by atoms with E-state index in [9.17, 15) is 14.4 Å². The fourth-order valence-corrected chi connectivity index (χ4v) is 3.90. The SMILES string of the molecule is Cc1cccc(NC(=O)c2ccc(N3C(=O)[C@H]4CC=CC[C@H]4C3=O)cc2)c1C. The first-order valence-electron chi connectivity index (χ1n) is 9.48. The number of rotatable bonds is 3. The van der Waals surface area contributed by atoms with Gasteiger partial charge in [-0.15, -0.1) is 0 Å². The summed E-state index contributed by atoms with van der Waals surface area (Å²) in [6.45, 7) is 3.96. The molecule has 5 nitrogen and oxygen atoms in total. The average molecular weight is 374 g/mol. The van der Waals surface area contributed by atoms with Gasteiger partial charge in [-0.1, -0.05) is 24.3 Å². The first-order valence-corrected chi connectivity index (χ1v) is 9.48. The lowest BCUT2D eigenvalue weighted by atomic mass is 9.85. The van der Waals surface area contributed by atoms with Crippen LogP contribution < -0.4 is 10.2 Å². The van der Waals surface area contributed by atoms with Crippen molar-refractivity contribution in [2.24, 2.45) is 11.8 Å². The fourth-order valence-electron chi connectivity index (χ4n) is 3.90. The van der Waals surface area contributed by atoms with Gasteiger partial charge in [0.1, 0.15) is 0 Å². The van der Waals surface area contributed by atoms with Crippen LogP contribution in [0.4, 0.5) is 11.4 Å². The number of hydrogen-bond acceptors (Lipinski definition) is 3. The van der Waals surface area contributed by atoms with Crippen molar-refractivity contribution in [2.45, 2.75) is 26.7 Å². The zero-order chi connectivity index (χ0) is 19.8. The van der Waals surface area contributed by atoms with Gasteiger partial charge in [-0.05, 0) is 68.1 Å². The number of aryl methyl sites for hydroxylation is 1. The molecule has 0 bridgehead atoms. The molecule has 0 unspecified atom stereocenters. The van der Waals surface area contributed by atoms with Crippen LogP contribution in [0.15, 0.2) is 54.6 Å². The summed E-state index contributed by atoms with van der Waals surface area (Å²) in [5.41, 5.74) is 3.90. The van der Waals surface area contributed by atoms with Crippen molar-refractivity contribution < 1.29 is 14.4 Å². The van der Waals surface area contributed by atoms with E-state index < -0.39 is 0 Å². The molecule has 4 rings (SSSR count). The number of anilines is 2. The number of carbonyl (C=O) groups excluding carboxylic acids is 3. The number of fused-ring (bicyclic) bond motifs is 1. The maximum absolute atomic E-state index is 12.7. The van der Waals surface area contributed by atoms with Crippen LogP contribution in [0.1, 0.15) is 34.3 Å². The van der Waals surface area contributed by atoms with Crippen molar-refractivity contribution in [3.63, 3.8) is 0 Å². The van der Waals surface area contributed by atoms with Crippen LogP contribution >= 0.6 is 0 Å². The van der Waals surface area contributed by atoms with Gasteiger partial charge in [0, 0.05) is 11.3 Å². The molecule has 2 aliphatic rings. The summed E-state index contributed by atoms with van der Waals surface area (Å²) in [7, 11) is 0. The quantitative estimate of drug-likeness (QED) is 0.652. The van der Waals surface area contributed by atoms with E-state index in [-0.39, 0.29) is 29.6 Å². The van der Waals surface area contributed by atoms with Gasteiger partial charge in [-0.3, -0.25) is 19.3 Å². The van der Waals surface area contributed by atoms with E-state index in [4.69, 9.17) is 0 Å². The Morgan fingerprint density at radius 2 is 1.54 bits per heavy atom. The number of nitrogens with one attached hydrogen (secondary N) is 1. The molecule has 5 heteroatoms. The molecule has 0 saturated carbocycles. The topological polar surface area (TPSA) is 66.5 Å². The number of hydrogen-bond donors (Lipinski definition) is 1. The number of nitrogens with zero attached hydrogens (tertiary/aromatic N) is 1. The molecule has 0 aromatic heterocycles. The number of imide groups is 1. The zero-order valence-corrected chi connectivity index (χ0v) is 15.9. The Labute approximate surface area is 164 Å². The van der Waals surface area contributed by atoms with Gasteiger partial charge in [-0.25, -0.2) is 0 Å². The largest absolute Gasteiger partial charge is 0.322 e. The lowest BCUT2D eigenvalue weighted by Crippen LogP contribution is -2.30. The van der Waals surface area contributed by atoms with Gasteiger partial charge < -0.3 is 5.32 Å². The van der Waals surface area contributed by atoms with Gasteiger partial charge in [0.2, 0.25) is 11.8 Å². The third kappa shape index (κ3) is 3.03. The van der Waals surface area contributed by atoms with Gasteiger partial charge in [0.15, 0.2) is 0 Å². The molecule has 28 heavy (non-hydrogen) atoms. The molecular weight excluding hydrogens is 352 g/mol. The van der Waals surface area contributed by atoms with Crippen molar-refractivity contribution in [2.75, 3.05) is 10.2 Å². The maximum atomic E-state index is 12.7. The Hall–Kier alpha value is -3.21. The van der Waals surface area contributed by atoms with Crippen LogP contribution in [0.25, 0.3) is 0 Å². The molecule has 142 valence electrons. The summed E-state index contributed by atoms with van der Waals surface area (Å²) < 4.78 is 0. The van der Waals surface area contributed by atoms with Crippen LogP contribution in [-0.4, -0.2) is 17.7 Å². The number of benzene rings is 2. The summed E-state index contributed by atoms with van der Waals surface area (Å²) in [6.07, 6.45) is 5.16. The Balaban J connectivity index is 1.53. The van der Waals surface area contributed by atoms with E-state index in [0.29, 0.717) is 24.1 Å². The molecule has 2 aromatic rings. The van der Waals surface area contributed by atoms with Crippen molar-refractivity contribution in [3.8, 4) is 0 Å². The van der Waals surface area contributed by atoms with Gasteiger partial charge in [0.05, 0.1) is 17.5 Å². The van der Waals surface area contributed by atoms with Crippen molar-refractivity contribution in [3.05, 3.63) is 71.3 Å². The van der Waals surface area contributed by atoms with Crippen molar-refractivity contribution in [1.82, 2.24) is 0 Å². The minimum absolute atomic E-state index is 0.146. The second-order valence-electron chi connectivity index (χ2n) is 7.42. The van der Waals surface area contributed by atoms with Crippen LogP contribution in [0.3, 0.4) is 0 Å². The summed E-state index contributed by atoms with van der Waals surface area (Å²) in [5.74, 6) is -1.04. The normalized spacial score (nSPS) is 21.0. The van der Waals surface area contributed by atoms with Crippen LogP contribution in [0.5, 0.6) is 0 Å². The Kier molecular flexibility index (Phi) is 4.59. The summed E-state index contributed by atoms with van der Waals surface area (Å²) >= 11 is 0. The van der Waals surface area contributed by atoms with Crippen molar-refractivity contribution in [1.29, 1.82) is 0 Å². The van der Waals surface area contributed by atoms with E-state index in [1.54, 1.807) is 24.3 Å². The predicted octanol–water partition coefficient (Wildman–Crippen LogP) is 4.01.